The van der Waals surface area contributed by atoms with Crippen LogP contribution in [-0.2, 0) is 71.2 Å². The number of benzene rings is 1. The van der Waals surface area contributed by atoms with Gasteiger partial charge in [0.1, 0.15) is 47.3 Å². The summed E-state index contributed by atoms with van der Waals surface area (Å²) in [4.78, 5) is 27.0. The Hall–Kier alpha value is -2.80. The predicted molar refractivity (Wildman–Crippen MR) is 275 cm³/mol. The zero-order chi connectivity index (χ0) is 55.4. The van der Waals surface area contributed by atoms with Gasteiger partial charge in [0.15, 0.2) is 30.9 Å². The molecule has 1 aromatic rings. The first-order valence-electron chi connectivity index (χ1n) is 27.9. The number of hydrogen-bond donors (Lipinski definition) is 4. The van der Waals surface area contributed by atoms with Crippen LogP contribution in [0.1, 0.15) is 125 Å². The maximum Gasteiger partial charge on any atom is 0.331 e. The van der Waals surface area contributed by atoms with Gasteiger partial charge < -0.3 is 82.0 Å². The number of ether oxygens (including phenoxy) is 13. The Morgan fingerprint density at radius 2 is 1.14 bits per heavy atom. The van der Waals surface area contributed by atoms with Crippen LogP contribution in [0.5, 0.6) is 0 Å². The molecule has 0 spiro atoms. The summed E-state index contributed by atoms with van der Waals surface area (Å²) < 4.78 is 81.6. The lowest BCUT2D eigenvalue weighted by molar-refractivity contribution is -0.347. The first kappa shape index (κ1) is 58.8. The molecule has 4 heterocycles. The predicted octanol–water partition coefficient (Wildman–Crippen LogP) is 5.24. The molecule has 9 rings (SSSR count). The Bertz CT molecular complexity index is 2270. The summed E-state index contributed by atoms with van der Waals surface area (Å²) in [6, 6.07) is 9.30. The first-order valence-corrected chi connectivity index (χ1v) is 27.9. The van der Waals surface area contributed by atoms with Gasteiger partial charge in [-0.3, -0.25) is 4.79 Å². The maximum absolute atomic E-state index is 13.6. The average Bonchev–Trinajstić information content (AvgIpc) is 3.95. The number of esters is 1. The molecule has 24 unspecified atom stereocenters. The molecule has 7 fully saturated rings. The highest BCUT2D eigenvalue weighted by Crippen LogP contribution is 2.71. The molecule has 24 atom stereocenters. The van der Waals surface area contributed by atoms with E-state index < -0.39 is 144 Å². The van der Waals surface area contributed by atoms with E-state index in [9.17, 15) is 30.0 Å². The van der Waals surface area contributed by atoms with Crippen LogP contribution < -0.4 is 0 Å². The van der Waals surface area contributed by atoms with Gasteiger partial charge in [-0.05, 0) is 104 Å². The molecule has 19 heteroatoms. The molecular formula is C58H86O19. The van der Waals surface area contributed by atoms with E-state index in [-0.39, 0.29) is 37.9 Å². The van der Waals surface area contributed by atoms with Crippen molar-refractivity contribution in [3.8, 4) is 0 Å². The largest absolute Gasteiger partial charge is 0.458 e. The Kier molecular flexibility index (Phi) is 17.7. The highest BCUT2D eigenvalue weighted by atomic mass is 16.8. The number of aliphatic hydroxyl groups is 4. The Morgan fingerprint density at radius 3 is 1.65 bits per heavy atom. The fourth-order valence-electron chi connectivity index (χ4n) is 15.0. The molecule has 1 aromatic carbocycles. The van der Waals surface area contributed by atoms with E-state index in [4.69, 9.17) is 61.6 Å². The van der Waals surface area contributed by atoms with Gasteiger partial charge in [0.05, 0.1) is 60.4 Å². The van der Waals surface area contributed by atoms with Gasteiger partial charge >= 0.3 is 5.97 Å². The number of fused-ring (bicyclic) bond motifs is 5. The van der Waals surface area contributed by atoms with Crippen LogP contribution in [-0.4, -0.2) is 188 Å². The summed E-state index contributed by atoms with van der Waals surface area (Å²) in [5.74, 6) is -1.80. The lowest BCUT2D eigenvalue weighted by Crippen LogP contribution is -2.78. The van der Waals surface area contributed by atoms with Crippen LogP contribution in [0.15, 0.2) is 48.1 Å². The molecule has 19 nitrogen and oxygen atoms in total. The van der Waals surface area contributed by atoms with Crippen molar-refractivity contribution in [2.24, 2.45) is 16.7 Å². The molecule has 0 aromatic heterocycles. The zero-order valence-electron chi connectivity index (χ0n) is 46.8. The number of Topliss-reactive ketones (excluding diaryl/α,β-unsaturated/α-hetero) is 1. The Labute approximate surface area is 453 Å². The molecule has 77 heavy (non-hydrogen) atoms. The zero-order valence-corrected chi connectivity index (χ0v) is 46.8. The van der Waals surface area contributed by atoms with Crippen molar-refractivity contribution in [1.29, 1.82) is 0 Å². The Morgan fingerprint density at radius 1 is 0.649 bits per heavy atom. The minimum absolute atomic E-state index is 0.0493. The highest BCUT2D eigenvalue weighted by molar-refractivity contribution is 5.88. The number of carbonyl (C=O) groups excluding carboxylic acids is 2. The van der Waals surface area contributed by atoms with Gasteiger partial charge in [-0.25, -0.2) is 4.79 Å². The third kappa shape index (κ3) is 10.7. The fourth-order valence-corrected chi connectivity index (χ4v) is 15.0. The molecule has 0 amide bonds. The van der Waals surface area contributed by atoms with Gasteiger partial charge in [-0.15, -0.1) is 0 Å². The second kappa shape index (κ2) is 23.2. The summed E-state index contributed by atoms with van der Waals surface area (Å²) in [6.07, 6.45) is -1.19. The number of hydrogen-bond acceptors (Lipinski definition) is 19. The second-order valence-corrected chi connectivity index (χ2v) is 23.6. The summed E-state index contributed by atoms with van der Waals surface area (Å²) in [6.45, 7) is 12.5. The van der Waals surface area contributed by atoms with Gasteiger partial charge in [-0.1, -0.05) is 48.9 Å². The van der Waals surface area contributed by atoms with Crippen molar-refractivity contribution in [2.45, 2.75) is 247 Å². The summed E-state index contributed by atoms with van der Waals surface area (Å²) >= 11 is 0. The van der Waals surface area contributed by atoms with Crippen LogP contribution >= 0.6 is 0 Å². The lowest BCUT2D eigenvalue weighted by Gasteiger charge is -2.67. The number of aliphatic hydroxyl groups excluding tert-OH is 1. The van der Waals surface area contributed by atoms with Crippen molar-refractivity contribution >= 4 is 17.8 Å². The number of ketones is 1. The fraction of sp³-hybridized carbons (Fsp3) is 0.793. The molecule has 8 aliphatic rings. The van der Waals surface area contributed by atoms with E-state index in [2.05, 4.69) is 6.92 Å². The lowest BCUT2D eigenvalue weighted by atomic mass is 9.42. The van der Waals surface area contributed by atoms with Crippen LogP contribution in [0.4, 0.5) is 0 Å². The third-order valence-electron chi connectivity index (χ3n) is 19.6. The summed E-state index contributed by atoms with van der Waals surface area (Å²) in [5.41, 5.74) is -6.24. The van der Waals surface area contributed by atoms with Crippen molar-refractivity contribution in [3.63, 3.8) is 0 Å². The van der Waals surface area contributed by atoms with Gasteiger partial charge in [0.2, 0.25) is 0 Å². The monoisotopic (exact) mass is 1090 g/mol. The van der Waals surface area contributed by atoms with Crippen LogP contribution in [0.25, 0.3) is 6.08 Å². The summed E-state index contributed by atoms with van der Waals surface area (Å²) in [5, 5.41) is 48.6. The minimum Gasteiger partial charge on any atom is -0.458 e. The van der Waals surface area contributed by atoms with E-state index in [1.54, 1.807) is 48.4 Å². The van der Waals surface area contributed by atoms with Crippen LogP contribution in [0, 0.1) is 16.7 Å². The van der Waals surface area contributed by atoms with E-state index in [1.165, 1.54) is 13.0 Å². The molecule has 4 N–H and O–H groups in total. The highest BCUT2D eigenvalue weighted by Gasteiger charge is 2.81. The van der Waals surface area contributed by atoms with Gasteiger partial charge in [0, 0.05) is 66.1 Å². The van der Waals surface area contributed by atoms with Crippen molar-refractivity contribution in [2.75, 3.05) is 28.4 Å². The van der Waals surface area contributed by atoms with Crippen molar-refractivity contribution in [1.82, 2.24) is 0 Å². The SMILES string of the molecule is COC1CC(OC2C(C)OC(OC3C(C)OC(OC4C(C)OC(OC5CCC6(C)C(=CCC7(O)C6CC(OC(=O)/C=C\c6ccccc6)C6(C)C(O)(C(C)=O)CCC76O)C5)CC4OC)CC3OC)CC2OC)OC(C)C1O. The van der Waals surface area contributed by atoms with E-state index in [1.807, 2.05) is 57.2 Å². The first-order chi connectivity index (χ1) is 36.6. The molecule has 0 bridgehead atoms. The van der Waals surface area contributed by atoms with E-state index in [0.717, 1.165) is 11.1 Å². The van der Waals surface area contributed by atoms with Crippen molar-refractivity contribution in [3.05, 3.63) is 53.6 Å². The molecule has 4 saturated heterocycles. The van der Waals surface area contributed by atoms with E-state index >= 15 is 0 Å². The number of methoxy groups -OCH3 is 4. The molecular weight excluding hydrogens is 1000 g/mol. The quantitative estimate of drug-likeness (QED) is 0.0942. The van der Waals surface area contributed by atoms with E-state index in [0.29, 0.717) is 44.9 Å². The molecule has 4 aliphatic carbocycles. The molecule has 3 saturated carbocycles. The average molecular weight is 1090 g/mol. The van der Waals surface area contributed by atoms with Crippen molar-refractivity contribution < 1.29 is 91.6 Å². The maximum atomic E-state index is 13.6. The number of carbonyl (C=O) groups is 2. The molecule has 0 radical (unpaired) electrons. The summed E-state index contributed by atoms with van der Waals surface area (Å²) in [7, 11) is 6.48. The smallest absolute Gasteiger partial charge is 0.331 e. The molecule has 432 valence electrons. The minimum atomic E-state index is -2.05. The Balaban J connectivity index is 0.809. The second-order valence-electron chi connectivity index (χ2n) is 23.6. The standard InChI is InChI=1S/C58H86O19/c1-31-50(61)39(65-8)26-47(69-31)75-52-33(3)71-49(28-41(52)67-10)77-53-34(4)72-48(29-42(53)68-11)76-51-32(2)70-46(27-40(51)66-9)73-38-20-21-54(6)37(25-38)19-22-57(63)43(54)30-44(74-45(60)18-17-36-15-13-12-14-16-36)55(7)56(62,35(5)59)23-24-58(55,57)64/h12-19,31-34,38-44,46-53,61-64H,20-30H2,1-11H3/b18-17-. The van der Waals surface area contributed by atoms with Crippen LogP contribution in [0.3, 0.4) is 0 Å². The molecule has 4 aliphatic heterocycles. The topological polar surface area (TPSA) is 235 Å². The van der Waals surface area contributed by atoms with Gasteiger partial charge in [-0.2, -0.15) is 0 Å². The third-order valence-corrected chi connectivity index (χ3v) is 19.6. The number of rotatable bonds is 16. The normalized spacial score (nSPS) is 48.1. The van der Waals surface area contributed by atoms with Crippen LogP contribution in [0.2, 0.25) is 0 Å². The van der Waals surface area contributed by atoms with Gasteiger partial charge in [0.25, 0.3) is 0 Å².